The van der Waals surface area contributed by atoms with Crippen molar-refractivity contribution < 1.29 is 9.53 Å². The van der Waals surface area contributed by atoms with Gasteiger partial charge in [-0.3, -0.25) is 14.2 Å². The lowest BCUT2D eigenvalue weighted by atomic mass is 10.1. The second-order valence-electron chi connectivity index (χ2n) is 7.70. The van der Waals surface area contributed by atoms with Crippen LogP contribution in [0.4, 0.5) is 0 Å². The van der Waals surface area contributed by atoms with E-state index in [1.807, 2.05) is 0 Å². The Labute approximate surface area is 170 Å². The Morgan fingerprint density at radius 1 is 1.21 bits per heavy atom. The van der Waals surface area contributed by atoms with Crippen LogP contribution in [0, 0.1) is 0 Å². The van der Waals surface area contributed by atoms with Crippen molar-refractivity contribution in [3.8, 4) is 0 Å². The van der Waals surface area contributed by atoms with E-state index in [0.29, 0.717) is 23.4 Å². The third kappa shape index (κ3) is 3.20. The van der Waals surface area contributed by atoms with Gasteiger partial charge in [-0.1, -0.05) is 0 Å². The first-order valence-electron chi connectivity index (χ1n) is 10.1. The van der Waals surface area contributed by atoms with E-state index in [-0.39, 0.29) is 29.9 Å². The topological polar surface area (TPSA) is 90.8 Å². The summed E-state index contributed by atoms with van der Waals surface area (Å²) >= 11 is 1.31. The van der Waals surface area contributed by atoms with Gasteiger partial charge in [-0.25, -0.2) is 13.9 Å². The second-order valence-corrected chi connectivity index (χ2v) is 8.62. The maximum absolute atomic E-state index is 13.1. The number of thiophene rings is 1. The molecule has 0 aliphatic carbocycles. The predicted octanol–water partition coefficient (Wildman–Crippen LogP) is 1.06. The lowest BCUT2D eigenvalue weighted by Gasteiger charge is -2.26. The minimum Gasteiger partial charge on any atom is -0.376 e. The number of aromatic nitrogens is 4. The van der Waals surface area contributed by atoms with Crippen LogP contribution < -0.4 is 11.2 Å². The Morgan fingerprint density at radius 2 is 2.03 bits per heavy atom. The number of carbonyl (C=O) groups excluding carboxylic acids is 1. The number of ether oxygens (including phenoxy) is 1. The molecular weight excluding hydrogens is 394 g/mol. The molecule has 10 heteroatoms. The number of amides is 1. The SMILES string of the molecule is O=C(Cn1nc2n(CC3CCCO3)c(=O)c3sccc3n2c1=O)N1CCCCC1. The van der Waals surface area contributed by atoms with Crippen molar-refractivity contribution in [2.75, 3.05) is 19.7 Å². The molecule has 0 aromatic carbocycles. The number of carbonyl (C=O) groups is 1. The predicted molar refractivity (Wildman–Crippen MR) is 109 cm³/mol. The van der Waals surface area contributed by atoms with Crippen LogP contribution in [0.1, 0.15) is 32.1 Å². The van der Waals surface area contributed by atoms with Gasteiger partial charge >= 0.3 is 5.69 Å². The Bertz CT molecular complexity index is 1180. The third-order valence-corrected chi connectivity index (χ3v) is 6.68. The average Bonchev–Trinajstić information content (AvgIpc) is 3.47. The molecule has 5 heterocycles. The van der Waals surface area contributed by atoms with Crippen LogP contribution in [0.25, 0.3) is 16.0 Å². The van der Waals surface area contributed by atoms with Gasteiger partial charge in [0.05, 0.1) is 18.2 Å². The van der Waals surface area contributed by atoms with Crippen molar-refractivity contribution in [3.63, 3.8) is 0 Å². The summed E-state index contributed by atoms with van der Waals surface area (Å²) in [6, 6.07) is 1.75. The first kappa shape index (κ1) is 18.6. The molecule has 2 fully saturated rings. The zero-order valence-electron chi connectivity index (χ0n) is 16.1. The fourth-order valence-corrected chi connectivity index (χ4v) is 5.09. The Balaban J connectivity index is 1.59. The van der Waals surface area contributed by atoms with E-state index < -0.39 is 5.69 Å². The van der Waals surface area contributed by atoms with Crippen LogP contribution in [-0.4, -0.2) is 55.4 Å². The molecule has 2 aliphatic rings. The quantitative estimate of drug-likeness (QED) is 0.633. The highest BCUT2D eigenvalue weighted by atomic mass is 32.1. The number of rotatable bonds is 4. The van der Waals surface area contributed by atoms with Gasteiger partial charge in [0.25, 0.3) is 5.56 Å². The van der Waals surface area contributed by atoms with Gasteiger partial charge in [-0.2, -0.15) is 0 Å². The van der Waals surface area contributed by atoms with Crippen molar-refractivity contribution in [1.82, 2.24) is 23.6 Å². The van der Waals surface area contributed by atoms with Crippen molar-refractivity contribution in [2.24, 2.45) is 0 Å². The molecule has 29 heavy (non-hydrogen) atoms. The van der Waals surface area contributed by atoms with Gasteiger partial charge < -0.3 is 9.64 Å². The van der Waals surface area contributed by atoms with Crippen LogP contribution >= 0.6 is 11.3 Å². The van der Waals surface area contributed by atoms with E-state index in [2.05, 4.69) is 5.10 Å². The first-order valence-corrected chi connectivity index (χ1v) is 11.0. The summed E-state index contributed by atoms with van der Waals surface area (Å²) in [5.41, 5.74) is -0.0207. The zero-order chi connectivity index (χ0) is 20.0. The fraction of sp³-hybridized carbons (Fsp3) is 0.579. The third-order valence-electron chi connectivity index (χ3n) is 5.79. The molecule has 0 saturated carbocycles. The van der Waals surface area contributed by atoms with Crippen molar-refractivity contribution in [2.45, 2.75) is 51.3 Å². The second kappa shape index (κ2) is 7.42. The zero-order valence-corrected chi connectivity index (χ0v) is 16.9. The molecule has 0 bridgehead atoms. The molecule has 0 spiro atoms. The minimum atomic E-state index is -0.394. The highest BCUT2D eigenvalue weighted by Crippen LogP contribution is 2.19. The Hall–Kier alpha value is -2.46. The standard InChI is InChI=1S/C19H23N5O4S/c25-15(21-7-2-1-3-8-21)12-23-19(27)24-14-6-10-29-16(14)17(26)22(18(24)20-23)11-13-5-4-9-28-13/h6,10,13H,1-5,7-9,11-12H2. The monoisotopic (exact) mass is 417 g/mol. The van der Waals surface area contributed by atoms with E-state index in [1.165, 1.54) is 25.0 Å². The summed E-state index contributed by atoms with van der Waals surface area (Å²) in [6.07, 6.45) is 4.88. The molecule has 0 radical (unpaired) electrons. The van der Waals surface area contributed by atoms with Gasteiger partial charge in [0.1, 0.15) is 11.2 Å². The van der Waals surface area contributed by atoms with E-state index in [9.17, 15) is 14.4 Å². The van der Waals surface area contributed by atoms with Crippen molar-refractivity contribution in [1.29, 1.82) is 0 Å². The summed E-state index contributed by atoms with van der Waals surface area (Å²) in [7, 11) is 0. The first-order chi connectivity index (χ1) is 14.1. The van der Waals surface area contributed by atoms with Gasteiger partial charge in [0.2, 0.25) is 11.7 Å². The van der Waals surface area contributed by atoms with Crippen LogP contribution in [0.15, 0.2) is 21.0 Å². The number of piperidine rings is 1. The molecule has 154 valence electrons. The normalized spacial score (nSPS) is 20.1. The highest BCUT2D eigenvalue weighted by molar-refractivity contribution is 7.17. The smallest absolute Gasteiger partial charge is 0.352 e. The molecule has 9 nitrogen and oxygen atoms in total. The molecule has 2 aliphatic heterocycles. The minimum absolute atomic E-state index is 0.0656. The average molecular weight is 417 g/mol. The molecule has 3 aromatic heterocycles. The van der Waals surface area contributed by atoms with Crippen molar-refractivity contribution >= 4 is 33.2 Å². The molecule has 5 rings (SSSR count). The lowest BCUT2D eigenvalue weighted by molar-refractivity contribution is -0.133. The molecule has 3 aromatic rings. The largest absolute Gasteiger partial charge is 0.376 e. The van der Waals surface area contributed by atoms with E-state index in [4.69, 9.17) is 4.74 Å². The summed E-state index contributed by atoms with van der Waals surface area (Å²) in [6.45, 7) is 2.37. The Morgan fingerprint density at radius 3 is 2.79 bits per heavy atom. The molecule has 2 saturated heterocycles. The summed E-state index contributed by atoms with van der Waals surface area (Å²) in [5.74, 6) is 0.164. The van der Waals surface area contributed by atoms with E-state index >= 15 is 0 Å². The number of fused-ring (bicyclic) bond motifs is 3. The molecule has 1 unspecified atom stereocenters. The van der Waals surface area contributed by atoms with Gasteiger partial charge in [0.15, 0.2) is 0 Å². The lowest BCUT2D eigenvalue weighted by Crippen LogP contribution is -2.39. The van der Waals surface area contributed by atoms with Gasteiger partial charge in [0, 0.05) is 19.7 Å². The molecular formula is C19H23N5O4S. The maximum Gasteiger partial charge on any atom is 0.352 e. The van der Waals surface area contributed by atoms with Crippen LogP contribution in [0.3, 0.4) is 0 Å². The Kier molecular flexibility index (Phi) is 4.75. The number of hydrogen-bond acceptors (Lipinski definition) is 6. The summed E-state index contributed by atoms with van der Waals surface area (Å²) < 4.78 is 10.4. The molecule has 1 atom stereocenters. The maximum atomic E-state index is 13.1. The fourth-order valence-electron chi connectivity index (χ4n) is 4.26. The summed E-state index contributed by atoms with van der Waals surface area (Å²) in [5, 5.41) is 6.21. The summed E-state index contributed by atoms with van der Waals surface area (Å²) in [4.78, 5) is 40.6. The van der Waals surface area contributed by atoms with Crippen LogP contribution in [0.5, 0.6) is 0 Å². The molecule has 0 N–H and O–H groups in total. The molecule has 1 amide bonds. The van der Waals surface area contributed by atoms with Gasteiger partial charge in [-0.15, -0.1) is 16.4 Å². The van der Waals surface area contributed by atoms with Crippen LogP contribution in [-0.2, 0) is 22.6 Å². The van der Waals surface area contributed by atoms with E-state index in [1.54, 1.807) is 16.3 Å². The van der Waals surface area contributed by atoms with Gasteiger partial charge in [-0.05, 0) is 43.6 Å². The number of nitrogens with zero attached hydrogens (tertiary/aromatic N) is 5. The number of likely N-dealkylation sites (tertiary alicyclic amines) is 1. The highest BCUT2D eigenvalue weighted by Gasteiger charge is 2.24. The van der Waals surface area contributed by atoms with Crippen LogP contribution in [0.2, 0.25) is 0 Å². The number of hydrogen-bond donors (Lipinski definition) is 0. The van der Waals surface area contributed by atoms with Crippen molar-refractivity contribution in [3.05, 3.63) is 32.3 Å². The van der Waals surface area contributed by atoms with E-state index in [0.717, 1.165) is 45.2 Å².